The highest BCUT2D eigenvalue weighted by molar-refractivity contribution is 5.49. The Labute approximate surface area is 68.2 Å². The number of fused-ring (bicyclic) bond motifs is 1. The summed E-state index contributed by atoms with van der Waals surface area (Å²) in [7, 11) is 0. The molecule has 0 unspecified atom stereocenters. The third-order valence-corrected chi connectivity index (χ3v) is 1.64. The molecule has 0 atom stereocenters. The van der Waals surface area contributed by atoms with Gasteiger partial charge in [0.15, 0.2) is 0 Å². The van der Waals surface area contributed by atoms with E-state index in [0.29, 0.717) is 11.3 Å². The lowest BCUT2D eigenvalue weighted by Crippen LogP contribution is -2.15. The molecule has 0 bridgehead atoms. The van der Waals surface area contributed by atoms with E-state index in [-0.39, 0.29) is 5.69 Å². The van der Waals surface area contributed by atoms with Crippen molar-refractivity contribution in [3.05, 3.63) is 41.2 Å². The van der Waals surface area contributed by atoms with E-state index in [1.54, 1.807) is 24.5 Å². The van der Waals surface area contributed by atoms with Crippen LogP contribution >= 0.6 is 0 Å². The van der Waals surface area contributed by atoms with Gasteiger partial charge in [-0.1, -0.05) is 6.58 Å². The predicted molar refractivity (Wildman–Crippen MR) is 45.9 cm³/mol. The Kier molecular flexibility index (Phi) is 1.33. The summed E-state index contributed by atoms with van der Waals surface area (Å²) in [6.07, 6.45) is 4.77. The van der Waals surface area contributed by atoms with Gasteiger partial charge in [0.05, 0.1) is 0 Å². The Hall–Kier alpha value is -1.84. The van der Waals surface area contributed by atoms with Crippen LogP contribution in [0.4, 0.5) is 0 Å². The first-order chi connectivity index (χ1) is 5.81. The van der Waals surface area contributed by atoms with Gasteiger partial charge in [0.1, 0.15) is 5.65 Å². The normalized spacial score (nSPS) is 10.3. The molecule has 2 rings (SSSR count). The molecule has 2 aromatic rings. The summed E-state index contributed by atoms with van der Waals surface area (Å²) in [5.74, 6) is 0. The SMILES string of the molecule is C=Cc1cc2nccn2c(=O)[nH]1. The zero-order valence-corrected chi connectivity index (χ0v) is 6.32. The lowest BCUT2D eigenvalue weighted by atomic mass is 10.4. The van der Waals surface area contributed by atoms with E-state index >= 15 is 0 Å². The van der Waals surface area contributed by atoms with Crippen LogP contribution in [0.3, 0.4) is 0 Å². The molecule has 4 nitrogen and oxygen atoms in total. The highest BCUT2D eigenvalue weighted by atomic mass is 16.1. The number of H-pyrrole nitrogens is 1. The average molecular weight is 161 g/mol. The van der Waals surface area contributed by atoms with Crippen molar-refractivity contribution in [2.75, 3.05) is 0 Å². The fourth-order valence-corrected chi connectivity index (χ4v) is 1.06. The van der Waals surface area contributed by atoms with Gasteiger partial charge in [0.25, 0.3) is 0 Å². The van der Waals surface area contributed by atoms with Crippen LogP contribution in [0.15, 0.2) is 29.8 Å². The molecule has 0 spiro atoms. The van der Waals surface area contributed by atoms with E-state index in [1.165, 1.54) is 4.40 Å². The average Bonchev–Trinajstić information content (AvgIpc) is 2.52. The van der Waals surface area contributed by atoms with Crippen LogP contribution in [0.1, 0.15) is 5.69 Å². The van der Waals surface area contributed by atoms with Crippen molar-refractivity contribution in [1.29, 1.82) is 0 Å². The van der Waals surface area contributed by atoms with Crippen molar-refractivity contribution >= 4 is 11.7 Å². The standard InChI is InChI=1S/C8H7N3O/c1-2-6-5-7-9-3-4-11(7)8(12)10-6/h2-5H,1H2,(H,10,12). The molecule has 0 saturated carbocycles. The van der Waals surface area contributed by atoms with Gasteiger partial charge in [-0.25, -0.2) is 9.78 Å². The summed E-state index contributed by atoms with van der Waals surface area (Å²) >= 11 is 0. The maximum Gasteiger partial charge on any atom is 0.331 e. The quantitative estimate of drug-likeness (QED) is 0.668. The molecule has 0 aromatic carbocycles. The lowest BCUT2D eigenvalue weighted by molar-refractivity contribution is 0.995. The molecule has 60 valence electrons. The number of rotatable bonds is 1. The van der Waals surface area contributed by atoms with Gasteiger partial charge in [0, 0.05) is 24.2 Å². The number of hydrogen-bond donors (Lipinski definition) is 1. The maximum absolute atomic E-state index is 11.2. The van der Waals surface area contributed by atoms with Crippen LogP contribution in [0.5, 0.6) is 0 Å². The molecule has 2 heterocycles. The van der Waals surface area contributed by atoms with E-state index in [1.807, 2.05) is 0 Å². The van der Waals surface area contributed by atoms with Crippen molar-refractivity contribution in [1.82, 2.24) is 14.4 Å². The lowest BCUT2D eigenvalue weighted by Gasteiger charge is -1.94. The topological polar surface area (TPSA) is 50.2 Å². The van der Waals surface area contributed by atoms with Gasteiger partial charge in [-0.15, -0.1) is 0 Å². The van der Waals surface area contributed by atoms with E-state index in [9.17, 15) is 4.79 Å². The van der Waals surface area contributed by atoms with Gasteiger partial charge in [-0.3, -0.25) is 4.40 Å². The first kappa shape index (κ1) is 6.84. The van der Waals surface area contributed by atoms with Crippen LogP contribution in [-0.2, 0) is 0 Å². The number of imidazole rings is 1. The summed E-state index contributed by atoms with van der Waals surface area (Å²) in [6.45, 7) is 3.56. The van der Waals surface area contributed by atoms with Gasteiger partial charge >= 0.3 is 5.69 Å². The fraction of sp³-hybridized carbons (Fsp3) is 0. The summed E-state index contributed by atoms with van der Waals surface area (Å²) in [4.78, 5) is 17.9. The predicted octanol–water partition coefficient (Wildman–Crippen LogP) is 0.666. The third-order valence-electron chi connectivity index (χ3n) is 1.64. The van der Waals surface area contributed by atoms with Gasteiger partial charge in [-0.2, -0.15) is 0 Å². The van der Waals surface area contributed by atoms with Gasteiger partial charge in [-0.05, 0) is 6.08 Å². The van der Waals surface area contributed by atoms with Crippen molar-refractivity contribution in [3.63, 3.8) is 0 Å². The second-order valence-electron chi connectivity index (χ2n) is 2.39. The molecular weight excluding hydrogens is 154 g/mol. The largest absolute Gasteiger partial charge is 0.331 e. The van der Waals surface area contributed by atoms with Crippen molar-refractivity contribution in [2.45, 2.75) is 0 Å². The minimum atomic E-state index is -0.195. The molecule has 12 heavy (non-hydrogen) atoms. The molecule has 2 aromatic heterocycles. The minimum Gasteiger partial charge on any atom is -0.307 e. The first-order valence-electron chi connectivity index (χ1n) is 3.50. The monoisotopic (exact) mass is 161 g/mol. The highest BCUT2D eigenvalue weighted by Crippen LogP contribution is 1.98. The molecule has 0 aliphatic carbocycles. The number of aromatic nitrogens is 3. The van der Waals surface area contributed by atoms with Crippen molar-refractivity contribution < 1.29 is 0 Å². The molecule has 4 heteroatoms. The summed E-state index contributed by atoms with van der Waals surface area (Å²) in [6, 6.07) is 1.76. The van der Waals surface area contributed by atoms with Crippen LogP contribution in [0.2, 0.25) is 0 Å². The van der Waals surface area contributed by atoms with Crippen LogP contribution in [-0.4, -0.2) is 14.4 Å². The van der Waals surface area contributed by atoms with Crippen LogP contribution in [0.25, 0.3) is 11.7 Å². The molecule has 0 radical (unpaired) electrons. The molecule has 1 N–H and O–H groups in total. The fourth-order valence-electron chi connectivity index (χ4n) is 1.06. The second-order valence-corrected chi connectivity index (χ2v) is 2.39. The first-order valence-corrected chi connectivity index (χ1v) is 3.50. The molecule has 0 aliphatic rings. The summed E-state index contributed by atoms with van der Waals surface area (Å²) < 4.78 is 1.44. The van der Waals surface area contributed by atoms with Gasteiger partial charge < -0.3 is 4.98 Å². The number of aromatic amines is 1. The summed E-state index contributed by atoms with van der Waals surface area (Å²) in [5, 5.41) is 0. The maximum atomic E-state index is 11.2. The zero-order valence-electron chi connectivity index (χ0n) is 6.32. The second kappa shape index (κ2) is 2.34. The summed E-state index contributed by atoms with van der Waals surface area (Å²) in [5.41, 5.74) is 1.12. The van der Waals surface area contributed by atoms with E-state index in [2.05, 4.69) is 16.5 Å². The molecule has 0 fully saturated rings. The van der Waals surface area contributed by atoms with E-state index in [4.69, 9.17) is 0 Å². The Morgan fingerprint density at radius 3 is 3.25 bits per heavy atom. The number of hydrogen-bond acceptors (Lipinski definition) is 2. The molecule has 0 aliphatic heterocycles. The zero-order chi connectivity index (χ0) is 8.55. The van der Waals surface area contributed by atoms with Crippen molar-refractivity contribution in [3.8, 4) is 0 Å². The van der Waals surface area contributed by atoms with Crippen molar-refractivity contribution in [2.24, 2.45) is 0 Å². The third kappa shape index (κ3) is 0.852. The van der Waals surface area contributed by atoms with Gasteiger partial charge in [0.2, 0.25) is 0 Å². The Bertz CT molecular complexity index is 480. The Morgan fingerprint density at radius 2 is 2.50 bits per heavy atom. The number of nitrogens with zero attached hydrogens (tertiary/aromatic N) is 2. The van der Waals surface area contributed by atoms with E-state index in [0.717, 1.165) is 0 Å². The van der Waals surface area contributed by atoms with Crippen LogP contribution < -0.4 is 5.69 Å². The Balaban J connectivity index is 2.93. The molecular formula is C8H7N3O. The van der Waals surface area contributed by atoms with E-state index < -0.39 is 0 Å². The number of nitrogens with one attached hydrogen (secondary N) is 1. The highest BCUT2D eigenvalue weighted by Gasteiger charge is 1.97. The molecule has 0 amide bonds. The minimum absolute atomic E-state index is 0.195. The Morgan fingerprint density at radius 1 is 1.67 bits per heavy atom. The molecule has 0 saturated heterocycles. The smallest absolute Gasteiger partial charge is 0.307 e. The van der Waals surface area contributed by atoms with Crippen LogP contribution in [0, 0.1) is 0 Å².